The average Bonchev–Trinajstić information content (AvgIpc) is 2.53. The van der Waals surface area contributed by atoms with Crippen molar-refractivity contribution in [1.82, 2.24) is 10.0 Å². The molecule has 0 bridgehead atoms. The highest BCUT2D eigenvalue weighted by atomic mass is 32.2. The van der Waals surface area contributed by atoms with Gasteiger partial charge in [0.1, 0.15) is 5.54 Å². The largest absolute Gasteiger partial charge is 0.368 e. The number of nitrogens with one attached hydrogen (secondary N) is 2. The molecule has 4 N–H and O–H groups in total. The molecule has 1 aliphatic rings. The van der Waals surface area contributed by atoms with Crippen molar-refractivity contribution in [3.63, 3.8) is 0 Å². The number of amides is 1. The Bertz CT molecular complexity index is 344. The van der Waals surface area contributed by atoms with Crippen LogP contribution in [0.3, 0.4) is 0 Å². The van der Waals surface area contributed by atoms with Gasteiger partial charge in [0.25, 0.3) is 0 Å². The Morgan fingerprint density at radius 1 is 1.53 bits per heavy atom. The summed E-state index contributed by atoms with van der Waals surface area (Å²) in [7, 11) is -3.48. The summed E-state index contributed by atoms with van der Waals surface area (Å²) in [4.78, 5) is 11.0. The molecule has 1 aliphatic heterocycles. The minimum Gasteiger partial charge on any atom is -0.368 e. The van der Waals surface area contributed by atoms with Gasteiger partial charge in [-0.25, -0.2) is 8.42 Å². The molecule has 6 nitrogen and oxygen atoms in total. The van der Waals surface area contributed by atoms with E-state index >= 15 is 0 Å². The van der Waals surface area contributed by atoms with Crippen LogP contribution in [0.5, 0.6) is 0 Å². The van der Waals surface area contributed by atoms with Gasteiger partial charge in [0, 0.05) is 6.54 Å². The summed E-state index contributed by atoms with van der Waals surface area (Å²) in [6, 6.07) is 0. The molecule has 1 atom stereocenters. The van der Waals surface area contributed by atoms with E-state index in [9.17, 15) is 13.2 Å². The monoisotopic (exact) mass is 235 g/mol. The van der Waals surface area contributed by atoms with E-state index in [0.717, 1.165) is 0 Å². The lowest BCUT2D eigenvalue weighted by molar-refractivity contribution is -0.122. The van der Waals surface area contributed by atoms with Gasteiger partial charge in [-0.15, -0.1) is 0 Å². The van der Waals surface area contributed by atoms with Crippen molar-refractivity contribution in [3.05, 3.63) is 0 Å². The standard InChI is InChI=1S/C8H17N3O3S/c1-8(2,7(9)12)11-15(13,14)6-3-4-10-5-6/h6,10-11H,3-5H2,1-2H3,(H2,9,12). The topological polar surface area (TPSA) is 101 Å². The molecule has 1 amide bonds. The van der Waals surface area contributed by atoms with Crippen LogP contribution in [0.25, 0.3) is 0 Å². The number of carbonyl (C=O) groups excluding carboxylic acids is 1. The molecule has 0 aromatic heterocycles. The van der Waals surface area contributed by atoms with Gasteiger partial charge in [0.15, 0.2) is 0 Å². The van der Waals surface area contributed by atoms with E-state index in [1.807, 2.05) is 0 Å². The van der Waals surface area contributed by atoms with Gasteiger partial charge in [-0.05, 0) is 26.8 Å². The zero-order chi connectivity index (χ0) is 11.7. The van der Waals surface area contributed by atoms with Gasteiger partial charge < -0.3 is 11.1 Å². The molecule has 0 aliphatic carbocycles. The first-order valence-electron chi connectivity index (χ1n) is 4.79. The Morgan fingerprint density at radius 2 is 2.13 bits per heavy atom. The molecule has 0 radical (unpaired) electrons. The molecule has 0 saturated carbocycles. The van der Waals surface area contributed by atoms with Crippen molar-refractivity contribution >= 4 is 15.9 Å². The summed E-state index contributed by atoms with van der Waals surface area (Å²) in [6.45, 7) is 4.01. The predicted molar refractivity (Wildman–Crippen MR) is 56.6 cm³/mol. The lowest BCUT2D eigenvalue weighted by atomic mass is 10.1. The number of hydrogen-bond acceptors (Lipinski definition) is 4. The van der Waals surface area contributed by atoms with Crippen LogP contribution >= 0.6 is 0 Å². The summed E-state index contributed by atoms with van der Waals surface area (Å²) in [5, 5.41) is 2.48. The number of sulfonamides is 1. The maximum atomic E-state index is 11.8. The lowest BCUT2D eigenvalue weighted by Gasteiger charge is -2.24. The maximum Gasteiger partial charge on any atom is 0.238 e. The number of carbonyl (C=O) groups is 1. The molecule has 1 unspecified atom stereocenters. The number of nitrogens with two attached hydrogens (primary N) is 1. The Morgan fingerprint density at radius 3 is 2.53 bits per heavy atom. The normalized spacial score (nSPS) is 22.9. The summed E-state index contributed by atoms with van der Waals surface area (Å²) in [5.41, 5.74) is 3.86. The van der Waals surface area contributed by atoms with Gasteiger partial charge >= 0.3 is 0 Å². The molecular formula is C8H17N3O3S. The third-order valence-corrected chi connectivity index (χ3v) is 4.54. The highest BCUT2D eigenvalue weighted by Crippen LogP contribution is 2.12. The van der Waals surface area contributed by atoms with Crippen LogP contribution in [-0.4, -0.2) is 38.2 Å². The number of rotatable bonds is 4. The SMILES string of the molecule is CC(C)(NS(=O)(=O)C1CCNC1)C(N)=O. The van der Waals surface area contributed by atoms with Crippen LogP contribution in [0.15, 0.2) is 0 Å². The first kappa shape index (κ1) is 12.4. The van der Waals surface area contributed by atoms with E-state index in [1.54, 1.807) is 0 Å². The van der Waals surface area contributed by atoms with E-state index in [-0.39, 0.29) is 0 Å². The van der Waals surface area contributed by atoms with Gasteiger partial charge in [0.05, 0.1) is 5.25 Å². The Balaban J connectivity index is 2.76. The van der Waals surface area contributed by atoms with Crippen molar-refractivity contribution in [2.24, 2.45) is 5.73 Å². The quantitative estimate of drug-likeness (QED) is 0.554. The molecular weight excluding hydrogens is 218 g/mol. The third-order valence-electron chi connectivity index (χ3n) is 2.47. The van der Waals surface area contributed by atoms with Crippen LogP contribution in [-0.2, 0) is 14.8 Å². The minimum atomic E-state index is -3.48. The first-order valence-corrected chi connectivity index (χ1v) is 6.34. The average molecular weight is 235 g/mol. The first-order chi connectivity index (χ1) is 6.76. The molecule has 0 aromatic rings. The van der Waals surface area contributed by atoms with E-state index < -0.39 is 26.7 Å². The Kier molecular flexibility index (Phi) is 3.37. The number of primary amides is 1. The summed E-state index contributed by atoms with van der Waals surface area (Å²) < 4.78 is 25.9. The number of hydrogen-bond donors (Lipinski definition) is 3. The second-order valence-electron chi connectivity index (χ2n) is 4.25. The highest BCUT2D eigenvalue weighted by molar-refractivity contribution is 7.90. The van der Waals surface area contributed by atoms with E-state index in [2.05, 4.69) is 10.0 Å². The van der Waals surface area contributed by atoms with E-state index in [4.69, 9.17) is 5.73 Å². The second kappa shape index (κ2) is 4.07. The Hall–Kier alpha value is -0.660. The fourth-order valence-corrected chi connectivity index (χ4v) is 3.13. The molecule has 1 fully saturated rings. The molecule has 1 saturated heterocycles. The fourth-order valence-electron chi connectivity index (χ4n) is 1.38. The van der Waals surface area contributed by atoms with Crippen LogP contribution in [0, 0.1) is 0 Å². The summed E-state index contributed by atoms with van der Waals surface area (Å²) in [5.74, 6) is -0.683. The maximum absolute atomic E-state index is 11.8. The molecule has 0 aromatic carbocycles. The zero-order valence-electron chi connectivity index (χ0n) is 8.91. The van der Waals surface area contributed by atoms with Crippen LogP contribution < -0.4 is 15.8 Å². The van der Waals surface area contributed by atoms with Crippen molar-refractivity contribution in [3.8, 4) is 0 Å². The molecule has 1 heterocycles. The summed E-state index contributed by atoms with van der Waals surface area (Å²) >= 11 is 0. The second-order valence-corrected chi connectivity index (χ2v) is 6.21. The molecule has 7 heteroatoms. The van der Waals surface area contributed by atoms with E-state index in [0.29, 0.717) is 19.5 Å². The fraction of sp³-hybridized carbons (Fsp3) is 0.875. The molecule has 0 spiro atoms. The summed E-state index contributed by atoms with van der Waals surface area (Å²) in [6.07, 6.45) is 0.560. The smallest absolute Gasteiger partial charge is 0.238 e. The van der Waals surface area contributed by atoms with Crippen LogP contribution in [0.2, 0.25) is 0 Å². The predicted octanol–water partition coefficient (Wildman–Crippen LogP) is -1.47. The van der Waals surface area contributed by atoms with Gasteiger partial charge in [-0.1, -0.05) is 0 Å². The van der Waals surface area contributed by atoms with Crippen molar-refractivity contribution < 1.29 is 13.2 Å². The van der Waals surface area contributed by atoms with Crippen molar-refractivity contribution in [2.75, 3.05) is 13.1 Å². The van der Waals surface area contributed by atoms with E-state index in [1.165, 1.54) is 13.8 Å². The van der Waals surface area contributed by atoms with Crippen LogP contribution in [0.4, 0.5) is 0 Å². The van der Waals surface area contributed by atoms with Gasteiger partial charge in [0.2, 0.25) is 15.9 Å². The zero-order valence-corrected chi connectivity index (χ0v) is 9.73. The Labute approximate surface area is 89.6 Å². The van der Waals surface area contributed by atoms with Crippen molar-refractivity contribution in [1.29, 1.82) is 0 Å². The highest BCUT2D eigenvalue weighted by Gasteiger charge is 2.36. The molecule has 15 heavy (non-hydrogen) atoms. The van der Waals surface area contributed by atoms with Crippen LogP contribution in [0.1, 0.15) is 20.3 Å². The van der Waals surface area contributed by atoms with Gasteiger partial charge in [-0.2, -0.15) is 4.72 Å². The molecule has 88 valence electrons. The lowest BCUT2D eigenvalue weighted by Crippen LogP contribution is -2.55. The third kappa shape index (κ3) is 2.90. The molecule has 1 rings (SSSR count). The minimum absolute atomic E-state index is 0.421. The van der Waals surface area contributed by atoms with Gasteiger partial charge in [-0.3, -0.25) is 4.79 Å². The van der Waals surface area contributed by atoms with Crippen molar-refractivity contribution in [2.45, 2.75) is 31.1 Å².